The predicted octanol–water partition coefficient (Wildman–Crippen LogP) is 0.901. The van der Waals surface area contributed by atoms with Crippen LogP contribution in [0.2, 0.25) is 0 Å². The number of hydrogen-bond acceptors (Lipinski definition) is 6. The molecule has 1 aliphatic carbocycles. The molecule has 3 rings (SSSR count). The lowest BCUT2D eigenvalue weighted by atomic mass is 10.4. The molecule has 7 heteroatoms. The first-order valence-electron chi connectivity index (χ1n) is 6.61. The highest BCUT2D eigenvalue weighted by molar-refractivity contribution is 5.83. The second-order valence-electron chi connectivity index (χ2n) is 4.89. The average molecular weight is 261 g/mol. The van der Waals surface area contributed by atoms with Gasteiger partial charge in [0.25, 0.3) is 0 Å². The molecule has 0 radical (unpaired) electrons. The molecule has 1 fully saturated rings. The van der Waals surface area contributed by atoms with E-state index < -0.39 is 0 Å². The standard InChI is InChI=1S/C12H19N7/c1-13-12-17-10(9-11(18-12)16-7-15-9)14-5-6-19(2)8-3-4-8/h7-8H,3-6H2,1-2H3,(H3,13,14,15,16,17,18). The van der Waals surface area contributed by atoms with Crippen molar-refractivity contribution in [2.45, 2.75) is 18.9 Å². The van der Waals surface area contributed by atoms with Crippen LogP contribution in [-0.2, 0) is 0 Å². The number of nitrogens with one attached hydrogen (secondary N) is 3. The highest BCUT2D eigenvalue weighted by Gasteiger charge is 2.25. The van der Waals surface area contributed by atoms with Gasteiger partial charge in [0, 0.05) is 26.2 Å². The van der Waals surface area contributed by atoms with Crippen LogP contribution in [0.3, 0.4) is 0 Å². The molecule has 102 valence electrons. The lowest BCUT2D eigenvalue weighted by Crippen LogP contribution is -2.27. The normalized spacial score (nSPS) is 15.1. The Morgan fingerprint density at radius 2 is 2.26 bits per heavy atom. The number of rotatable bonds is 6. The van der Waals surface area contributed by atoms with Gasteiger partial charge in [-0.15, -0.1) is 0 Å². The molecule has 0 unspecified atom stereocenters. The summed E-state index contributed by atoms with van der Waals surface area (Å²) in [7, 11) is 3.97. The van der Waals surface area contributed by atoms with Crippen molar-refractivity contribution in [1.82, 2.24) is 24.8 Å². The maximum absolute atomic E-state index is 4.43. The summed E-state index contributed by atoms with van der Waals surface area (Å²) in [6, 6.07) is 0.784. The third kappa shape index (κ3) is 2.60. The molecule has 0 spiro atoms. The first-order chi connectivity index (χ1) is 9.28. The van der Waals surface area contributed by atoms with E-state index in [1.54, 1.807) is 13.4 Å². The number of likely N-dealkylation sites (N-methyl/N-ethyl adjacent to an activating group) is 1. The van der Waals surface area contributed by atoms with E-state index in [2.05, 4.69) is 42.5 Å². The Labute approximate surface area is 111 Å². The molecule has 2 aromatic heterocycles. The highest BCUT2D eigenvalue weighted by atomic mass is 15.2. The average Bonchev–Trinajstić information content (AvgIpc) is 3.16. The Morgan fingerprint density at radius 3 is 3.00 bits per heavy atom. The SMILES string of the molecule is CNc1nc(NCCN(C)C2CC2)c2[nH]cnc2n1. The fourth-order valence-corrected chi connectivity index (χ4v) is 2.12. The van der Waals surface area contributed by atoms with Crippen LogP contribution in [0.15, 0.2) is 6.33 Å². The van der Waals surface area contributed by atoms with Crippen LogP contribution in [0.1, 0.15) is 12.8 Å². The number of nitrogens with zero attached hydrogens (tertiary/aromatic N) is 4. The van der Waals surface area contributed by atoms with E-state index in [0.29, 0.717) is 11.6 Å². The second kappa shape index (κ2) is 5.00. The number of hydrogen-bond donors (Lipinski definition) is 3. The lowest BCUT2D eigenvalue weighted by Gasteiger charge is -2.16. The Balaban J connectivity index is 1.70. The van der Waals surface area contributed by atoms with Crippen molar-refractivity contribution in [3.8, 4) is 0 Å². The van der Waals surface area contributed by atoms with Crippen LogP contribution in [-0.4, -0.2) is 58.1 Å². The van der Waals surface area contributed by atoms with Gasteiger partial charge in [0.1, 0.15) is 5.52 Å². The summed E-state index contributed by atoms with van der Waals surface area (Å²) in [6.07, 6.45) is 4.30. The summed E-state index contributed by atoms with van der Waals surface area (Å²) in [4.78, 5) is 18.3. The third-order valence-corrected chi connectivity index (χ3v) is 3.44. The van der Waals surface area contributed by atoms with Crippen LogP contribution in [0.5, 0.6) is 0 Å². The third-order valence-electron chi connectivity index (χ3n) is 3.44. The summed E-state index contributed by atoms with van der Waals surface area (Å²) >= 11 is 0. The van der Waals surface area contributed by atoms with Crippen LogP contribution < -0.4 is 10.6 Å². The van der Waals surface area contributed by atoms with Crippen LogP contribution in [0, 0.1) is 0 Å². The molecular weight excluding hydrogens is 242 g/mol. The summed E-state index contributed by atoms with van der Waals surface area (Å²) in [5, 5.41) is 6.31. The molecule has 2 heterocycles. The van der Waals surface area contributed by atoms with Gasteiger partial charge in [-0.3, -0.25) is 0 Å². The first kappa shape index (κ1) is 12.2. The van der Waals surface area contributed by atoms with E-state index in [1.165, 1.54) is 12.8 Å². The molecule has 0 aliphatic heterocycles. The smallest absolute Gasteiger partial charge is 0.226 e. The molecule has 1 saturated carbocycles. The minimum atomic E-state index is 0.581. The molecular formula is C12H19N7. The number of fused-ring (bicyclic) bond motifs is 1. The Kier molecular flexibility index (Phi) is 3.20. The van der Waals surface area contributed by atoms with Gasteiger partial charge in [-0.1, -0.05) is 0 Å². The van der Waals surface area contributed by atoms with Gasteiger partial charge in [-0.25, -0.2) is 4.98 Å². The molecule has 19 heavy (non-hydrogen) atoms. The lowest BCUT2D eigenvalue weighted by molar-refractivity contribution is 0.337. The van der Waals surface area contributed by atoms with Crippen molar-refractivity contribution in [2.75, 3.05) is 37.8 Å². The van der Waals surface area contributed by atoms with E-state index in [0.717, 1.165) is 30.5 Å². The van der Waals surface area contributed by atoms with E-state index in [1.807, 2.05) is 0 Å². The van der Waals surface area contributed by atoms with Gasteiger partial charge in [-0.2, -0.15) is 9.97 Å². The molecule has 3 N–H and O–H groups in total. The van der Waals surface area contributed by atoms with E-state index in [4.69, 9.17) is 0 Å². The zero-order valence-electron chi connectivity index (χ0n) is 11.3. The van der Waals surface area contributed by atoms with Gasteiger partial charge in [0.2, 0.25) is 5.95 Å². The van der Waals surface area contributed by atoms with E-state index in [9.17, 15) is 0 Å². The van der Waals surface area contributed by atoms with Gasteiger partial charge in [0.05, 0.1) is 6.33 Å². The van der Waals surface area contributed by atoms with Crippen molar-refractivity contribution < 1.29 is 0 Å². The zero-order chi connectivity index (χ0) is 13.2. The molecule has 0 amide bonds. The van der Waals surface area contributed by atoms with Gasteiger partial charge >= 0.3 is 0 Å². The van der Waals surface area contributed by atoms with Crippen molar-refractivity contribution in [3.63, 3.8) is 0 Å². The van der Waals surface area contributed by atoms with Gasteiger partial charge in [0.15, 0.2) is 11.5 Å². The Bertz CT molecular complexity index is 560. The van der Waals surface area contributed by atoms with Crippen molar-refractivity contribution in [2.24, 2.45) is 0 Å². The van der Waals surface area contributed by atoms with Crippen molar-refractivity contribution >= 4 is 22.9 Å². The Morgan fingerprint density at radius 1 is 1.42 bits per heavy atom. The molecule has 1 aliphatic rings. The number of anilines is 2. The molecule has 0 bridgehead atoms. The number of aromatic amines is 1. The summed E-state index contributed by atoms with van der Waals surface area (Å²) in [5.41, 5.74) is 1.53. The van der Waals surface area contributed by atoms with Gasteiger partial charge < -0.3 is 20.5 Å². The van der Waals surface area contributed by atoms with Crippen molar-refractivity contribution in [1.29, 1.82) is 0 Å². The summed E-state index contributed by atoms with van der Waals surface area (Å²) in [6.45, 7) is 1.88. The van der Waals surface area contributed by atoms with E-state index in [-0.39, 0.29) is 0 Å². The topological polar surface area (TPSA) is 81.8 Å². The monoisotopic (exact) mass is 261 g/mol. The summed E-state index contributed by atoms with van der Waals surface area (Å²) in [5.74, 6) is 1.38. The first-order valence-corrected chi connectivity index (χ1v) is 6.61. The Hall–Kier alpha value is -1.89. The quantitative estimate of drug-likeness (QED) is 0.717. The van der Waals surface area contributed by atoms with Crippen LogP contribution in [0.25, 0.3) is 11.2 Å². The minimum absolute atomic E-state index is 0.581. The zero-order valence-corrected chi connectivity index (χ0v) is 11.3. The second-order valence-corrected chi connectivity index (χ2v) is 4.89. The predicted molar refractivity (Wildman–Crippen MR) is 75.4 cm³/mol. The molecule has 0 atom stereocenters. The highest BCUT2D eigenvalue weighted by Crippen LogP contribution is 2.25. The fourth-order valence-electron chi connectivity index (χ4n) is 2.12. The molecule has 0 saturated heterocycles. The number of H-pyrrole nitrogens is 1. The largest absolute Gasteiger partial charge is 0.367 e. The van der Waals surface area contributed by atoms with Crippen LogP contribution >= 0.6 is 0 Å². The summed E-state index contributed by atoms with van der Waals surface area (Å²) < 4.78 is 0. The van der Waals surface area contributed by atoms with E-state index >= 15 is 0 Å². The van der Waals surface area contributed by atoms with Gasteiger partial charge in [-0.05, 0) is 19.9 Å². The number of imidazole rings is 1. The number of aromatic nitrogens is 4. The minimum Gasteiger partial charge on any atom is -0.367 e. The maximum atomic E-state index is 4.43. The molecule has 0 aromatic carbocycles. The maximum Gasteiger partial charge on any atom is 0.226 e. The van der Waals surface area contributed by atoms with Crippen LogP contribution in [0.4, 0.5) is 11.8 Å². The molecule has 7 nitrogen and oxygen atoms in total. The van der Waals surface area contributed by atoms with Crippen molar-refractivity contribution in [3.05, 3.63) is 6.33 Å². The fraction of sp³-hybridized carbons (Fsp3) is 0.583. The molecule has 2 aromatic rings.